The SMILES string of the molecule is Cc1ncccc1-n1c(=O)nc(N)c2ccc(C3CC3C)nc21. The first kappa shape index (κ1) is 13.9. The lowest BCUT2D eigenvalue weighted by Gasteiger charge is -2.12. The quantitative estimate of drug-likeness (QED) is 0.784. The number of hydrogen-bond acceptors (Lipinski definition) is 5. The largest absolute Gasteiger partial charge is 0.383 e. The molecule has 1 saturated carbocycles. The Balaban J connectivity index is 2.06. The van der Waals surface area contributed by atoms with Crippen LogP contribution in [0.3, 0.4) is 0 Å². The topological polar surface area (TPSA) is 86.7 Å². The summed E-state index contributed by atoms with van der Waals surface area (Å²) in [5.41, 5.74) is 8.48. The van der Waals surface area contributed by atoms with E-state index in [9.17, 15) is 4.79 Å². The second kappa shape index (κ2) is 4.87. The molecule has 3 heterocycles. The number of aromatic nitrogens is 4. The fourth-order valence-corrected chi connectivity index (χ4v) is 3.01. The molecule has 1 aliphatic carbocycles. The van der Waals surface area contributed by atoms with Crippen LogP contribution in [0, 0.1) is 12.8 Å². The van der Waals surface area contributed by atoms with Crippen LogP contribution >= 0.6 is 0 Å². The average molecular weight is 307 g/mol. The lowest BCUT2D eigenvalue weighted by atomic mass is 10.2. The van der Waals surface area contributed by atoms with E-state index in [0.717, 1.165) is 17.8 Å². The van der Waals surface area contributed by atoms with Crippen LogP contribution in [0.25, 0.3) is 16.7 Å². The molecule has 23 heavy (non-hydrogen) atoms. The summed E-state index contributed by atoms with van der Waals surface area (Å²) in [6, 6.07) is 7.53. The summed E-state index contributed by atoms with van der Waals surface area (Å²) in [6.07, 6.45) is 2.83. The van der Waals surface area contributed by atoms with Crippen LogP contribution in [-0.4, -0.2) is 19.5 Å². The highest BCUT2D eigenvalue weighted by Gasteiger charge is 2.35. The van der Waals surface area contributed by atoms with Gasteiger partial charge in [0.05, 0.1) is 16.8 Å². The maximum atomic E-state index is 12.5. The molecule has 1 aliphatic rings. The van der Waals surface area contributed by atoms with Crippen molar-refractivity contribution in [2.75, 3.05) is 5.73 Å². The van der Waals surface area contributed by atoms with Gasteiger partial charge in [0.2, 0.25) is 0 Å². The third-order valence-corrected chi connectivity index (χ3v) is 4.50. The molecule has 0 amide bonds. The van der Waals surface area contributed by atoms with Gasteiger partial charge in [-0.1, -0.05) is 6.92 Å². The third kappa shape index (κ3) is 2.18. The van der Waals surface area contributed by atoms with E-state index in [2.05, 4.69) is 16.9 Å². The van der Waals surface area contributed by atoms with Gasteiger partial charge in [0.1, 0.15) is 5.82 Å². The molecular weight excluding hydrogens is 290 g/mol. The number of pyridine rings is 2. The van der Waals surface area contributed by atoms with Gasteiger partial charge in [-0.15, -0.1) is 0 Å². The Kier molecular flexibility index (Phi) is 2.94. The van der Waals surface area contributed by atoms with Crippen LogP contribution in [0.5, 0.6) is 0 Å². The summed E-state index contributed by atoms with van der Waals surface area (Å²) in [7, 11) is 0. The Morgan fingerprint density at radius 2 is 2.04 bits per heavy atom. The Morgan fingerprint density at radius 3 is 2.74 bits per heavy atom. The first-order valence-corrected chi connectivity index (χ1v) is 7.67. The van der Waals surface area contributed by atoms with Gasteiger partial charge in [0.25, 0.3) is 0 Å². The van der Waals surface area contributed by atoms with Crippen molar-refractivity contribution in [1.82, 2.24) is 19.5 Å². The van der Waals surface area contributed by atoms with Crippen molar-refractivity contribution in [1.29, 1.82) is 0 Å². The van der Waals surface area contributed by atoms with Gasteiger partial charge in [-0.2, -0.15) is 4.98 Å². The van der Waals surface area contributed by atoms with Gasteiger partial charge in [0, 0.05) is 17.8 Å². The molecule has 116 valence electrons. The van der Waals surface area contributed by atoms with Crippen molar-refractivity contribution in [2.24, 2.45) is 5.92 Å². The molecule has 6 nitrogen and oxygen atoms in total. The average Bonchev–Trinajstić information content (AvgIpc) is 3.25. The van der Waals surface area contributed by atoms with Gasteiger partial charge in [-0.25, -0.2) is 14.3 Å². The van der Waals surface area contributed by atoms with Crippen molar-refractivity contribution >= 4 is 16.9 Å². The Morgan fingerprint density at radius 1 is 1.26 bits per heavy atom. The summed E-state index contributed by atoms with van der Waals surface area (Å²) < 4.78 is 1.50. The molecular formula is C17H17N5O. The second-order valence-corrected chi connectivity index (χ2v) is 6.15. The van der Waals surface area contributed by atoms with E-state index in [1.807, 2.05) is 25.1 Å². The zero-order valence-corrected chi connectivity index (χ0v) is 13.0. The number of anilines is 1. The highest BCUT2D eigenvalue weighted by molar-refractivity contribution is 5.86. The van der Waals surface area contributed by atoms with Crippen molar-refractivity contribution in [3.05, 3.63) is 52.3 Å². The number of aryl methyl sites for hydroxylation is 1. The van der Waals surface area contributed by atoms with Gasteiger partial charge in [-0.05, 0) is 43.5 Å². The predicted molar refractivity (Wildman–Crippen MR) is 88.6 cm³/mol. The van der Waals surface area contributed by atoms with E-state index in [4.69, 9.17) is 10.7 Å². The number of hydrogen-bond donors (Lipinski definition) is 1. The number of nitrogen functional groups attached to an aromatic ring is 1. The molecule has 4 rings (SSSR count). The first-order valence-electron chi connectivity index (χ1n) is 7.67. The number of nitrogens with zero attached hydrogens (tertiary/aromatic N) is 4. The van der Waals surface area contributed by atoms with E-state index < -0.39 is 5.69 Å². The van der Waals surface area contributed by atoms with Crippen molar-refractivity contribution in [2.45, 2.75) is 26.2 Å². The molecule has 1 fully saturated rings. The summed E-state index contributed by atoms with van der Waals surface area (Å²) in [4.78, 5) is 25.4. The Labute approximate surface area is 133 Å². The predicted octanol–water partition coefficient (Wildman–Crippen LogP) is 2.19. The normalized spacial score (nSPS) is 19.9. The smallest absolute Gasteiger partial charge is 0.355 e. The van der Waals surface area contributed by atoms with E-state index in [1.54, 1.807) is 12.3 Å². The van der Waals surface area contributed by atoms with Gasteiger partial charge < -0.3 is 5.73 Å². The lowest BCUT2D eigenvalue weighted by Crippen LogP contribution is -2.25. The highest BCUT2D eigenvalue weighted by atomic mass is 16.1. The van der Waals surface area contributed by atoms with E-state index in [-0.39, 0.29) is 5.82 Å². The molecule has 6 heteroatoms. The summed E-state index contributed by atoms with van der Waals surface area (Å²) in [5, 5.41) is 0.685. The van der Waals surface area contributed by atoms with Gasteiger partial charge in [-0.3, -0.25) is 4.98 Å². The number of fused-ring (bicyclic) bond motifs is 1. The first-order chi connectivity index (χ1) is 11.1. The lowest BCUT2D eigenvalue weighted by molar-refractivity contribution is 0.872. The molecule has 0 bridgehead atoms. The Bertz CT molecular complexity index is 978. The molecule has 2 N–H and O–H groups in total. The zero-order valence-electron chi connectivity index (χ0n) is 13.0. The van der Waals surface area contributed by atoms with Crippen molar-refractivity contribution in [3.8, 4) is 5.69 Å². The van der Waals surface area contributed by atoms with E-state index >= 15 is 0 Å². The molecule has 0 spiro atoms. The van der Waals surface area contributed by atoms with E-state index in [1.165, 1.54) is 4.57 Å². The third-order valence-electron chi connectivity index (χ3n) is 4.50. The summed E-state index contributed by atoms with van der Waals surface area (Å²) in [5.74, 6) is 1.32. The minimum absolute atomic E-state index is 0.214. The highest BCUT2D eigenvalue weighted by Crippen LogP contribution is 2.46. The second-order valence-electron chi connectivity index (χ2n) is 6.15. The standard InChI is InChI=1S/C17H17N5O/c1-9-8-12(9)13-6-5-11-15(18)21-17(23)22(16(11)20-13)14-4-3-7-19-10(14)2/h3-7,9,12H,8H2,1-2H3,(H2,18,21,23). The molecule has 3 aromatic heterocycles. The molecule has 2 unspecified atom stereocenters. The fraction of sp³-hybridized carbons (Fsp3) is 0.294. The van der Waals surface area contributed by atoms with Crippen LogP contribution < -0.4 is 11.4 Å². The van der Waals surface area contributed by atoms with E-state index in [0.29, 0.717) is 28.6 Å². The van der Waals surface area contributed by atoms with Crippen LogP contribution in [0.15, 0.2) is 35.3 Å². The summed E-state index contributed by atoms with van der Waals surface area (Å²) >= 11 is 0. The molecule has 0 saturated heterocycles. The monoisotopic (exact) mass is 307 g/mol. The van der Waals surface area contributed by atoms with Crippen molar-refractivity contribution < 1.29 is 0 Å². The minimum Gasteiger partial charge on any atom is -0.383 e. The molecule has 3 aromatic rings. The molecule has 0 radical (unpaired) electrons. The molecule has 0 aliphatic heterocycles. The van der Waals surface area contributed by atoms with Crippen LogP contribution in [0.2, 0.25) is 0 Å². The Hall–Kier alpha value is -2.76. The minimum atomic E-state index is -0.431. The van der Waals surface area contributed by atoms with Crippen LogP contribution in [-0.2, 0) is 0 Å². The fourth-order valence-electron chi connectivity index (χ4n) is 3.01. The number of nitrogens with two attached hydrogens (primary N) is 1. The molecule has 2 atom stereocenters. The van der Waals surface area contributed by atoms with Crippen LogP contribution in [0.4, 0.5) is 5.82 Å². The van der Waals surface area contributed by atoms with Crippen LogP contribution in [0.1, 0.15) is 30.7 Å². The maximum absolute atomic E-state index is 12.5. The van der Waals surface area contributed by atoms with Crippen molar-refractivity contribution in [3.63, 3.8) is 0 Å². The number of rotatable bonds is 2. The van der Waals surface area contributed by atoms with Gasteiger partial charge >= 0.3 is 5.69 Å². The molecule has 0 aromatic carbocycles. The summed E-state index contributed by atoms with van der Waals surface area (Å²) in [6.45, 7) is 4.06. The van der Waals surface area contributed by atoms with Gasteiger partial charge in [0.15, 0.2) is 5.65 Å². The zero-order chi connectivity index (χ0) is 16.1. The maximum Gasteiger partial charge on any atom is 0.355 e.